The average Bonchev–Trinajstić information content (AvgIpc) is 3.10. The molecule has 124 valence electrons. The van der Waals surface area contributed by atoms with E-state index in [-0.39, 0.29) is 5.91 Å². The molecule has 1 aliphatic rings. The summed E-state index contributed by atoms with van der Waals surface area (Å²) in [5.74, 6) is 0.0655. The van der Waals surface area contributed by atoms with Gasteiger partial charge in [0.25, 0.3) is 5.91 Å². The van der Waals surface area contributed by atoms with Gasteiger partial charge in [-0.25, -0.2) is 0 Å². The molecule has 0 radical (unpaired) electrons. The van der Waals surface area contributed by atoms with E-state index < -0.39 is 0 Å². The Morgan fingerprint density at radius 1 is 1.17 bits per heavy atom. The molecule has 3 heterocycles. The summed E-state index contributed by atoms with van der Waals surface area (Å²) in [5.41, 5.74) is 2.99. The first-order valence-corrected chi connectivity index (χ1v) is 8.63. The number of hydrogen-bond acceptors (Lipinski definition) is 6. The quantitative estimate of drug-likeness (QED) is 0.838. The lowest BCUT2D eigenvalue weighted by atomic mass is 10.2. The fraction of sp³-hybridized carbons (Fsp3) is 0.600. The Balaban J connectivity index is 1.50. The van der Waals surface area contributed by atoms with Gasteiger partial charge in [-0.1, -0.05) is 4.49 Å². The van der Waals surface area contributed by atoms with Crippen molar-refractivity contribution in [1.29, 1.82) is 0 Å². The topological polar surface area (TPSA) is 67.2 Å². The van der Waals surface area contributed by atoms with Crippen molar-refractivity contribution in [1.82, 2.24) is 29.2 Å². The summed E-state index contributed by atoms with van der Waals surface area (Å²) in [4.78, 5) is 17.4. The van der Waals surface area contributed by atoms with Crippen LogP contribution in [0, 0.1) is 20.8 Å². The second-order valence-corrected chi connectivity index (χ2v) is 6.73. The molecular formula is C15H22N6OS. The molecule has 23 heavy (non-hydrogen) atoms. The number of carbonyl (C=O) groups excluding carboxylic acids is 1. The second-order valence-electron chi connectivity index (χ2n) is 5.97. The van der Waals surface area contributed by atoms with Crippen LogP contribution in [0.5, 0.6) is 0 Å². The summed E-state index contributed by atoms with van der Waals surface area (Å²) in [6, 6.07) is 2.10. The number of carbonyl (C=O) groups is 1. The molecule has 0 aliphatic carbocycles. The van der Waals surface area contributed by atoms with Crippen molar-refractivity contribution in [2.45, 2.75) is 27.3 Å². The van der Waals surface area contributed by atoms with Crippen LogP contribution in [-0.2, 0) is 6.54 Å². The molecule has 8 heteroatoms. The van der Waals surface area contributed by atoms with Gasteiger partial charge in [0.1, 0.15) is 4.88 Å². The molecule has 0 saturated carbocycles. The molecule has 0 bridgehead atoms. The Labute approximate surface area is 140 Å². The van der Waals surface area contributed by atoms with Gasteiger partial charge in [-0.15, -0.1) is 5.10 Å². The molecule has 0 N–H and O–H groups in total. The number of aromatic nitrogens is 4. The van der Waals surface area contributed by atoms with E-state index in [2.05, 4.69) is 37.3 Å². The van der Waals surface area contributed by atoms with Crippen LogP contribution in [0.2, 0.25) is 0 Å². The molecule has 3 rings (SSSR count). The van der Waals surface area contributed by atoms with E-state index in [0.717, 1.165) is 50.7 Å². The van der Waals surface area contributed by atoms with Crippen molar-refractivity contribution < 1.29 is 4.79 Å². The predicted octanol–water partition coefficient (Wildman–Crippen LogP) is 1.12. The number of aryl methyl sites for hydroxylation is 3. The van der Waals surface area contributed by atoms with Gasteiger partial charge in [0.05, 0.1) is 17.9 Å². The Bertz CT molecular complexity index is 686. The van der Waals surface area contributed by atoms with Crippen molar-refractivity contribution in [2.75, 3.05) is 32.7 Å². The molecule has 0 unspecified atom stereocenters. The molecule has 1 amide bonds. The molecule has 2 aromatic heterocycles. The highest BCUT2D eigenvalue weighted by molar-refractivity contribution is 7.07. The van der Waals surface area contributed by atoms with Gasteiger partial charge in [-0.3, -0.25) is 14.4 Å². The van der Waals surface area contributed by atoms with E-state index in [1.165, 1.54) is 17.2 Å². The monoisotopic (exact) mass is 334 g/mol. The summed E-state index contributed by atoms with van der Waals surface area (Å²) in [6.45, 7) is 11.1. The average molecular weight is 334 g/mol. The Morgan fingerprint density at radius 3 is 2.48 bits per heavy atom. The van der Waals surface area contributed by atoms with Gasteiger partial charge < -0.3 is 4.90 Å². The van der Waals surface area contributed by atoms with Gasteiger partial charge in [-0.05, 0) is 38.4 Å². The SMILES string of the molecule is Cc1cc(C)n(CCN2CCN(C(=O)c3snnc3C)CC2)n1. The van der Waals surface area contributed by atoms with Crippen LogP contribution in [0.3, 0.4) is 0 Å². The van der Waals surface area contributed by atoms with E-state index in [4.69, 9.17) is 0 Å². The van der Waals surface area contributed by atoms with Gasteiger partial charge in [0.15, 0.2) is 0 Å². The van der Waals surface area contributed by atoms with Crippen molar-refractivity contribution in [3.8, 4) is 0 Å². The first kappa shape index (κ1) is 16.1. The molecule has 7 nitrogen and oxygen atoms in total. The summed E-state index contributed by atoms with van der Waals surface area (Å²) >= 11 is 1.19. The number of rotatable bonds is 4. The zero-order chi connectivity index (χ0) is 16.4. The van der Waals surface area contributed by atoms with Crippen molar-refractivity contribution >= 4 is 17.4 Å². The van der Waals surface area contributed by atoms with Crippen LogP contribution in [0.25, 0.3) is 0 Å². The largest absolute Gasteiger partial charge is 0.335 e. The minimum Gasteiger partial charge on any atom is -0.335 e. The number of hydrogen-bond donors (Lipinski definition) is 0. The third-order valence-electron chi connectivity index (χ3n) is 4.24. The van der Waals surface area contributed by atoms with Crippen molar-refractivity contribution in [2.24, 2.45) is 0 Å². The zero-order valence-corrected chi connectivity index (χ0v) is 14.6. The lowest BCUT2D eigenvalue weighted by molar-refractivity contribution is 0.0635. The molecule has 1 fully saturated rings. The van der Waals surface area contributed by atoms with Gasteiger partial charge >= 0.3 is 0 Å². The summed E-state index contributed by atoms with van der Waals surface area (Å²) in [5, 5.41) is 8.42. The first-order chi connectivity index (χ1) is 11.0. The molecule has 1 aliphatic heterocycles. The minimum absolute atomic E-state index is 0.0655. The van der Waals surface area contributed by atoms with Gasteiger partial charge in [0, 0.05) is 38.4 Å². The lowest BCUT2D eigenvalue weighted by Gasteiger charge is -2.34. The minimum atomic E-state index is 0.0655. The fourth-order valence-electron chi connectivity index (χ4n) is 2.88. The summed E-state index contributed by atoms with van der Waals surface area (Å²) < 4.78 is 5.90. The lowest BCUT2D eigenvalue weighted by Crippen LogP contribution is -2.49. The zero-order valence-electron chi connectivity index (χ0n) is 13.8. The van der Waals surface area contributed by atoms with Gasteiger partial charge in [-0.2, -0.15) is 5.10 Å². The number of amides is 1. The Morgan fingerprint density at radius 2 is 1.91 bits per heavy atom. The number of piperazine rings is 1. The van der Waals surface area contributed by atoms with Crippen LogP contribution in [0.4, 0.5) is 0 Å². The van der Waals surface area contributed by atoms with Crippen LogP contribution in [-0.4, -0.2) is 67.8 Å². The maximum Gasteiger partial charge on any atom is 0.267 e. The normalized spacial score (nSPS) is 16.0. The number of nitrogens with zero attached hydrogens (tertiary/aromatic N) is 6. The first-order valence-electron chi connectivity index (χ1n) is 7.86. The third kappa shape index (κ3) is 3.59. The van der Waals surface area contributed by atoms with Crippen LogP contribution in [0.15, 0.2) is 6.07 Å². The highest BCUT2D eigenvalue weighted by atomic mass is 32.1. The fourth-order valence-corrected chi connectivity index (χ4v) is 3.51. The van der Waals surface area contributed by atoms with Crippen molar-refractivity contribution in [3.63, 3.8) is 0 Å². The second kappa shape index (κ2) is 6.76. The van der Waals surface area contributed by atoms with E-state index in [1.54, 1.807) is 0 Å². The van der Waals surface area contributed by atoms with E-state index in [0.29, 0.717) is 4.88 Å². The van der Waals surface area contributed by atoms with Crippen LogP contribution < -0.4 is 0 Å². The maximum absolute atomic E-state index is 12.4. The van der Waals surface area contributed by atoms with Gasteiger partial charge in [0.2, 0.25) is 0 Å². The standard InChI is InChI=1S/C15H22N6OS/c1-11-10-12(2)21(17-11)9-6-19-4-7-20(8-5-19)15(22)14-13(3)16-18-23-14/h10H,4-9H2,1-3H3. The van der Waals surface area contributed by atoms with E-state index in [9.17, 15) is 4.79 Å². The van der Waals surface area contributed by atoms with Crippen molar-refractivity contribution in [3.05, 3.63) is 28.0 Å². The maximum atomic E-state index is 12.4. The van der Waals surface area contributed by atoms with Crippen LogP contribution >= 0.6 is 11.5 Å². The molecular weight excluding hydrogens is 312 g/mol. The molecule has 2 aromatic rings. The molecule has 0 spiro atoms. The van der Waals surface area contributed by atoms with E-state index in [1.807, 2.05) is 18.7 Å². The smallest absolute Gasteiger partial charge is 0.267 e. The predicted molar refractivity (Wildman–Crippen MR) is 88.7 cm³/mol. The molecule has 0 aromatic carbocycles. The highest BCUT2D eigenvalue weighted by Crippen LogP contribution is 2.14. The highest BCUT2D eigenvalue weighted by Gasteiger charge is 2.24. The summed E-state index contributed by atoms with van der Waals surface area (Å²) in [7, 11) is 0. The molecule has 0 atom stereocenters. The Kier molecular flexibility index (Phi) is 4.72. The van der Waals surface area contributed by atoms with Crippen LogP contribution in [0.1, 0.15) is 26.8 Å². The molecule has 1 saturated heterocycles. The van der Waals surface area contributed by atoms with E-state index >= 15 is 0 Å². The third-order valence-corrected chi connectivity index (χ3v) is 5.05. The summed E-state index contributed by atoms with van der Waals surface area (Å²) in [6.07, 6.45) is 0. The Hall–Kier alpha value is -1.80.